The highest BCUT2D eigenvalue weighted by Crippen LogP contribution is 2.32. The van der Waals surface area contributed by atoms with Gasteiger partial charge < -0.3 is 14.4 Å². The standard InChI is InChI=1S/C23H21N5O3/c1-15-10-21-25-27(12-16-6-7-19-20(11-16)31-14-30-19)23(29)28(21)22(24-15)26-9-8-17-4-2-3-5-18(17)13-26/h2-7,10-11H,8-9,12-14H2,1H3. The minimum absolute atomic E-state index is 0.200. The van der Waals surface area contributed by atoms with E-state index < -0.39 is 0 Å². The van der Waals surface area contributed by atoms with Crippen LogP contribution in [-0.4, -0.2) is 32.5 Å². The van der Waals surface area contributed by atoms with Crippen LogP contribution >= 0.6 is 0 Å². The van der Waals surface area contributed by atoms with Crippen LogP contribution in [0.5, 0.6) is 11.5 Å². The van der Waals surface area contributed by atoms with Crippen LogP contribution in [0.4, 0.5) is 5.95 Å². The summed E-state index contributed by atoms with van der Waals surface area (Å²) in [5, 5.41) is 4.59. The van der Waals surface area contributed by atoms with Crippen LogP contribution in [0.15, 0.2) is 53.3 Å². The van der Waals surface area contributed by atoms with Gasteiger partial charge in [0.2, 0.25) is 12.7 Å². The number of benzene rings is 2. The first kappa shape index (κ1) is 18.0. The minimum atomic E-state index is -0.200. The van der Waals surface area contributed by atoms with Gasteiger partial charge in [0.05, 0.1) is 6.54 Å². The van der Waals surface area contributed by atoms with E-state index in [9.17, 15) is 4.79 Å². The van der Waals surface area contributed by atoms with Gasteiger partial charge in [-0.25, -0.2) is 18.9 Å². The van der Waals surface area contributed by atoms with E-state index in [-0.39, 0.29) is 12.5 Å². The Morgan fingerprint density at radius 1 is 1.03 bits per heavy atom. The topological polar surface area (TPSA) is 73.9 Å². The van der Waals surface area contributed by atoms with E-state index in [0.29, 0.717) is 23.9 Å². The molecule has 0 spiro atoms. The second kappa shape index (κ2) is 6.87. The Bertz CT molecular complexity index is 1370. The number of nitrogens with zero attached hydrogens (tertiary/aromatic N) is 5. The number of hydrogen-bond acceptors (Lipinski definition) is 6. The highest BCUT2D eigenvalue weighted by Gasteiger charge is 2.22. The molecule has 2 aromatic carbocycles. The van der Waals surface area contributed by atoms with E-state index in [2.05, 4.69) is 34.3 Å². The highest BCUT2D eigenvalue weighted by atomic mass is 16.7. The summed E-state index contributed by atoms with van der Waals surface area (Å²) in [5.74, 6) is 2.06. The van der Waals surface area contributed by atoms with Crippen molar-refractivity contribution in [3.8, 4) is 11.5 Å². The molecule has 0 N–H and O–H groups in total. The summed E-state index contributed by atoms with van der Waals surface area (Å²) in [7, 11) is 0. The molecule has 4 heterocycles. The molecule has 0 aliphatic carbocycles. The fourth-order valence-corrected chi connectivity index (χ4v) is 4.33. The van der Waals surface area contributed by atoms with Gasteiger partial charge in [0.1, 0.15) is 0 Å². The first-order valence-corrected chi connectivity index (χ1v) is 10.3. The molecule has 2 aliphatic heterocycles. The van der Waals surface area contributed by atoms with E-state index in [4.69, 9.17) is 14.5 Å². The predicted octanol–water partition coefficient (Wildman–Crippen LogP) is 2.54. The summed E-state index contributed by atoms with van der Waals surface area (Å²) in [4.78, 5) is 20.2. The summed E-state index contributed by atoms with van der Waals surface area (Å²) in [6.07, 6.45) is 0.924. The second-order valence-corrected chi connectivity index (χ2v) is 7.96. The zero-order valence-corrected chi connectivity index (χ0v) is 17.1. The molecule has 8 nitrogen and oxygen atoms in total. The van der Waals surface area contributed by atoms with Gasteiger partial charge in [-0.05, 0) is 42.2 Å². The first-order valence-electron chi connectivity index (χ1n) is 10.3. The molecular formula is C23H21N5O3. The van der Waals surface area contributed by atoms with Crippen LogP contribution in [0.1, 0.15) is 22.4 Å². The molecular weight excluding hydrogens is 394 g/mol. The van der Waals surface area contributed by atoms with Crippen molar-refractivity contribution in [1.82, 2.24) is 19.2 Å². The van der Waals surface area contributed by atoms with Crippen LogP contribution in [0.25, 0.3) is 5.65 Å². The summed E-state index contributed by atoms with van der Waals surface area (Å²) >= 11 is 0. The van der Waals surface area contributed by atoms with E-state index in [1.165, 1.54) is 15.8 Å². The van der Waals surface area contributed by atoms with Gasteiger partial charge in [0.25, 0.3) is 0 Å². The van der Waals surface area contributed by atoms with E-state index in [0.717, 1.165) is 36.5 Å². The maximum Gasteiger partial charge on any atom is 0.353 e. The summed E-state index contributed by atoms with van der Waals surface area (Å²) in [6.45, 7) is 4.03. The first-order chi connectivity index (χ1) is 15.2. The zero-order chi connectivity index (χ0) is 20.9. The highest BCUT2D eigenvalue weighted by molar-refractivity contribution is 5.50. The Balaban J connectivity index is 1.40. The summed E-state index contributed by atoms with van der Waals surface area (Å²) in [5.41, 5.74) is 4.79. The summed E-state index contributed by atoms with van der Waals surface area (Å²) < 4.78 is 13.9. The number of hydrogen-bond donors (Lipinski definition) is 0. The Kier molecular flexibility index (Phi) is 3.99. The SMILES string of the molecule is Cc1cc2nn(Cc3ccc4c(c3)OCO4)c(=O)n2c(N2CCc3ccccc3C2)n1. The third-order valence-corrected chi connectivity index (χ3v) is 5.86. The quantitative estimate of drug-likeness (QED) is 0.512. The predicted molar refractivity (Wildman–Crippen MR) is 115 cm³/mol. The van der Waals surface area contributed by atoms with Crippen molar-refractivity contribution in [3.63, 3.8) is 0 Å². The van der Waals surface area contributed by atoms with Crippen LogP contribution in [0.2, 0.25) is 0 Å². The Hall–Kier alpha value is -3.81. The molecule has 0 unspecified atom stereocenters. The van der Waals surface area contributed by atoms with Crippen molar-refractivity contribution >= 4 is 11.6 Å². The molecule has 0 bridgehead atoms. The second-order valence-electron chi connectivity index (χ2n) is 7.96. The van der Waals surface area contributed by atoms with Crippen molar-refractivity contribution in [3.05, 3.63) is 81.4 Å². The van der Waals surface area contributed by atoms with Crippen LogP contribution < -0.4 is 20.1 Å². The monoisotopic (exact) mass is 415 g/mol. The Labute approximate surface area is 178 Å². The fraction of sp³-hybridized carbons (Fsp3) is 0.261. The Morgan fingerprint density at radius 2 is 1.87 bits per heavy atom. The number of aryl methyl sites for hydroxylation is 1. The van der Waals surface area contributed by atoms with Crippen molar-refractivity contribution in [1.29, 1.82) is 0 Å². The smallest absolute Gasteiger partial charge is 0.353 e. The normalized spacial score (nSPS) is 14.8. The Morgan fingerprint density at radius 3 is 2.77 bits per heavy atom. The van der Waals surface area contributed by atoms with Gasteiger partial charge >= 0.3 is 5.69 Å². The fourth-order valence-electron chi connectivity index (χ4n) is 4.33. The minimum Gasteiger partial charge on any atom is -0.454 e. The molecule has 0 radical (unpaired) electrons. The maximum absolute atomic E-state index is 13.3. The zero-order valence-electron chi connectivity index (χ0n) is 17.1. The average Bonchev–Trinajstić information content (AvgIpc) is 3.37. The lowest BCUT2D eigenvalue weighted by Gasteiger charge is -2.29. The molecule has 0 atom stereocenters. The number of anilines is 1. The molecule has 0 saturated carbocycles. The maximum atomic E-state index is 13.3. The number of rotatable bonds is 3. The number of aromatic nitrogens is 4. The molecule has 4 aromatic rings. The van der Waals surface area contributed by atoms with Gasteiger partial charge in [0.15, 0.2) is 17.1 Å². The molecule has 31 heavy (non-hydrogen) atoms. The molecule has 2 aliphatic rings. The number of fused-ring (bicyclic) bond motifs is 3. The largest absolute Gasteiger partial charge is 0.454 e. The molecule has 156 valence electrons. The van der Waals surface area contributed by atoms with Gasteiger partial charge in [-0.2, -0.15) is 0 Å². The van der Waals surface area contributed by atoms with Gasteiger partial charge in [-0.1, -0.05) is 30.3 Å². The lowest BCUT2D eigenvalue weighted by molar-refractivity contribution is 0.174. The van der Waals surface area contributed by atoms with E-state index in [1.54, 1.807) is 4.40 Å². The van der Waals surface area contributed by atoms with Crippen molar-refractivity contribution in [2.24, 2.45) is 0 Å². The molecule has 0 fully saturated rings. The molecule has 6 rings (SSSR count). The van der Waals surface area contributed by atoms with Crippen LogP contribution in [-0.2, 0) is 19.5 Å². The van der Waals surface area contributed by atoms with E-state index in [1.807, 2.05) is 31.2 Å². The molecule has 8 heteroatoms. The van der Waals surface area contributed by atoms with E-state index >= 15 is 0 Å². The van der Waals surface area contributed by atoms with Crippen molar-refractivity contribution in [2.45, 2.75) is 26.4 Å². The molecule has 0 saturated heterocycles. The lowest BCUT2D eigenvalue weighted by atomic mass is 10.0. The number of ether oxygens (including phenoxy) is 2. The van der Waals surface area contributed by atoms with Gasteiger partial charge in [0, 0.05) is 24.8 Å². The van der Waals surface area contributed by atoms with Gasteiger partial charge in [-0.15, -0.1) is 5.10 Å². The average molecular weight is 415 g/mol. The van der Waals surface area contributed by atoms with Crippen molar-refractivity contribution < 1.29 is 9.47 Å². The lowest BCUT2D eigenvalue weighted by Crippen LogP contribution is -2.35. The molecule has 2 aromatic heterocycles. The third kappa shape index (κ3) is 3.02. The van der Waals surface area contributed by atoms with Crippen molar-refractivity contribution in [2.75, 3.05) is 18.2 Å². The van der Waals surface area contributed by atoms with Crippen LogP contribution in [0.3, 0.4) is 0 Å². The van der Waals surface area contributed by atoms with Gasteiger partial charge in [-0.3, -0.25) is 0 Å². The third-order valence-electron chi connectivity index (χ3n) is 5.86. The van der Waals surface area contributed by atoms with Crippen LogP contribution in [0, 0.1) is 6.92 Å². The summed E-state index contributed by atoms with van der Waals surface area (Å²) in [6, 6.07) is 16.0. The molecule has 0 amide bonds.